The van der Waals surface area contributed by atoms with Crippen molar-refractivity contribution in [1.82, 2.24) is 9.72 Å². The summed E-state index contributed by atoms with van der Waals surface area (Å²) < 4.78 is 12.6. The van der Waals surface area contributed by atoms with Crippen molar-refractivity contribution in [2.45, 2.75) is 64.9 Å². The number of hydrogen-bond acceptors (Lipinski definition) is 6. The van der Waals surface area contributed by atoms with Crippen LogP contribution in [0.1, 0.15) is 66.0 Å². The first-order valence-electron chi connectivity index (χ1n) is 10.7. The topological polar surface area (TPSA) is 94.6 Å². The Morgan fingerprint density at radius 1 is 1.20 bits per heavy atom. The second-order valence-electron chi connectivity index (χ2n) is 9.88. The number of aliphatic hydroxyl groups is 1. The molecule has 0 spiro atoms. The summed E-state index contributed by atoms with van der Waals surface area (Å²) >= 11 is 0. The second-order valence-corrected chi connectivity index (χ2v) is 9.88. The first kappa shape index (κ1) is 19.5. The van der Waals surface area contributed by atoms with Gasteiger partial charge in [0, 0.05) is 23.0 Å². The van der Waals surface area contributed by atoms with E-state index in [1.165, 1.54) is 0 Å². The predicted molar refractivity (Wildman–Crippen MR) is 107 cm³/mol. The van der Waals surface area contributed by atoms with E-state index in [-0.39, 0.29) is 18.4 Å². The van der Waals surface area contributed by atoms with Gasteiger partial charge in [-0.3, -0.25) is 14.2 Å². The monoisotopic (exact) mass is 412 g/mol. The number of esters is 1. The highest BCUT2D eigenvalue weighted by molar-refractivity contribution is 5.99. The molecule has 2 aromatic rings. The van der Waals surface area contributed by atoms with E-state index in [1.807, 2.05) is 31.4 Å². The Bertz CT molecular complexity index is 1020. The summed E-state index contributed by atoms with van der Waals surface area (Å²) in [5.41, 5.74) is 0.775. The van der Waals surface area contributed by atoms with Gasteiger partial charge in [0.15, 0.2) is 12.4 Å². The van der Waals surface area contributed by atoms with Crippen molar-refractivity contribution in [3.8, 4) is 5.82 Å². The summed E-state index contributed by atoms with van der Waals surface area (Å²) in [7, 11) is 0. The quantitative estimate of drug-likeness (QED) is 0.597. The molecule has 0 radical (unpaired) electrons. The van der Waals surface area contributed by atoms with Crippen molar-refractivity contribution in [1.29, 1.82) is 0 Å². The van der Waals surface area contributed by atoms with Gasteiger partial charge in [-0.2, -0.15) is 0 Å². The zero-order valence-corrected chi connectivity index (χ0v) is 17.7. The number of aromatic nitrogens is 2. The van der Waals surface area contributed by atoms with Gasteiger partial charge in [-0.1, -0.05) is 5.16 Å². The Kier molecular flexibility index (Phi) is 4.26. The molecule has 0 saturated heterocycles. The third-order valence-corrected chi connectivity index (χ3v) is 7.37. The Morgan fingerprint density at radius 3 is 2.50 bits per heavy atom. The van der Waals surface area contributed by atoms with E-state index in [9.17, 15) is 14.7 Å². The Balaban J connectivity index is 1.31. The number of aryl methyl sites for hydroxylation is 2. The largest absolute Gasteiger partial charge is 0.457 e. The van der Waals surface area contributed by atoms with Gasteiger partial charge >= 0.3 is 5.97 Å². The van der Waals surface area contributed by atoms with Gasteiger partial charge in [-0.25, -0.2) is 0 Å². The van der Waals surface area contributed by atoms with Crippen molar-refractivity contribution >= 4 is 11.8 Å². The minimum absolute atomic E-state index is 0.230. The molecule has 160 valence electrons. The zero-order chi connectivity index (χ0) is 21.3. The predicted octanol–water partition coefficient (Wildman–Crippen LogP) is 3.45. The highest BCUT2D eigenvalue weighted by atomic mass is 16.5. The fourth-order valence-electron chi connectivity index (χ4n) is 6.67. The van der Waals surface area contributed by atoms with E-state index in [0.717, 1.165) is 43.5 Å². The molecule has 4 bridgehead atoms. The van der Waals surface area contributed by atoms with Crippen LogP contribution < -0.4 is 0 Å². The summed E-state index contributed by atoms with van der Waals surface area (Å²) in [6, 6.07) is 3.61. The molecule has 4 saturated carbocycles. The van der Waals surface area contributed by atoms with Crippen molar-refractivity contribution in [3.63, 3.8) is 0 Å². The average Bonchev–Trinajstić information content (AvgIpc) is 3.19. The van der Waals surface area contributed by atoms with Gasteiger partial charge in [0.1, 0.15) is 5.76 Å². The molecule has 0 amide bonds. The standard InChI is InChI=1S/C23H28N2O5/c1-13-4-18(15(3)25(13)20-5-14(2)30-24-20)19(26)11-29-21(27)22-7-16-6-17(8-22)10-23(28,9-16)12-22/h4-5,16-17,28H,6-12H2,1-3H3/t16-,17-,22?,23?/m1/s1. The van der Waals surface area contributed by atoms with E-state index in [4.69, 9.17) is 9.26 Å². The molecular formula is C23H28N2O5. The van der Waals surface area contributed by atoms with Crippen molar-refractivity contribution < 1.29 is 24.0 Å². The SMILES string of the molecule is Cc1cc(-n2c(C)cc(C(=O)COC(=O)C34C[C@H]5C[C@@H](CC(O)(C5)C3)C4)c2C)no1. The minimum Gasteiger partial charge on any atom is -0.457 e. The van der Waals surface area contributed by atoms with Crippen LogP contribution in [-0.4, -0.2) is 38.8 Å². The molecule has 2 aromatic heterocycles. The number of hydrogen-bond donors (Lipinski definition) is 1. The molecule has 2 atom stereocenters. The van der Waals surface area contributed by atoms with E-state index in [2.05, 4.69) is 5.16 Å². The number of ether oxygens (including phenoxy) is 1. The molecule has 4 aliphatic rings. The summed E-state index contributed by atoms with van der Waals surface area (Å²) in [6.07, 6.45) is 4.72. The van der Waals surface area contributed by atoms with Gasteiger partial charge in [-0.15, -0.1) is 0 Å². The lowest BCUT2D eigenvalue weighted by atomic mass is 9.48. The molecule has 7 nitrogen and oxygen atoms in total. The Morgan fingerprint density at radius 2 is 1.90 bits per heavy atom. The third-order valence-electron chi connectivity index (χ3n) is 7.37. The molecule has 0 aliphatic heterocycles. The molecule has 1 N–H and O–H groups in total. The lowest BCUT2D eigenvalue weighted by Gasteiger charge is -2.58. The lowest BCUT2D eigenvalue weighted by molar-refractivity contribution is -0.195. The minimum atomic E-state index is -0.728. The fourth-order valence-corrected chi connectivity index (χ4v) is 6.67. The molecule has 2 heterocycles. The van der Waals surface area contributed by atoms with E-state index < -0.39 is 11.0 Å². The van der Waals surface area contributed by atoms with Crippen LogP contribution in [0.25, 0.3) is 5.82 Å². The van der Waals surface area contributed by atoms with Gasteiger partial charge in [0.25, 0.3) is 0 Å². The molecule has 6 rings (SSSR count). The maximum absolute atomic E-state index is 13.0. The number of ketones is 1. The zero-order valence-electron chi connectivity index (χ0n) is 17.7. The molecule has 30 heavy (non-hydrogen) atoms. The number of carbonyl (C=O) groups is 2. The molecule has 0 unspecified atom stereocenters. The van der Waals surface area contributed by atoms with E-state index in [0.29, 0.717) is 35.4 Å². The first-order chi connectivity index (χ1) is 14.2. The molecular weight excluding hydrogens is 384 g/mol. The van der Waals surface area contributed by atoms with Crippen LogP contribution in [0.4, 0.5) is 0 Å². The normalized spacial score (nSPS) is 31.9. The Hall–Kier alpha value is -2.41. The summed E-state index contributed by atoms with van der Waals surface area (Å²) in [5, 5.41) is 14.9. The highest BCUT2D eigenvalue weighted by Gasteiger charge is 2.60. The summed E-state index contributed by atoms with van der Waals surface area (Å²) in [4.78, 5) is 25.9. The van der Waals surface area contributed by atoms with Crippen LogP contribution in [0.15, 0.2) is 16.7 Å². The number of rotatable bonds is 5. The van der Waals surface area contributed by atoms with Crippen molar-refractivity contribution in [3.05, 3.63) is 34.8 Å². The number of carbonyl (C=O) groups excluding carboxylic acids is 2. The van der Waals surface area contributed by atoms with E-state index >= 15 is 0 Å². The molecule has 4 fully saturated rings. The van der Waals surface area contributed by atoms with Crippen LogP contribution >= 0.6 is 0 Å². The Labute approximate surface area is 175 Å². The maximum atomic E-state index is 13.0. The fraction of sp³-hybridized carbons (Fsp3) is 0.609. The maximum Gasteiger partial charge on any atom is 0.312 e. The van der Waals surface area contributed by atoms with Crippen LogP contribution in [0.3, 0.4) is 0 Å². The average molecular weight is 412 g/mol. The van der Waals surface area contributed by atoms with Crippen LogP contribution in [-0.2, 0) is 9.53 Å². The summed E-state index contributed by atoms with van der Waals surface area (Å²) in [6.45, 7) is 5.28. The van der Waals surface area contributed by atoms with Crippen LogP contribution in [0, 0.1) is 38.0 Å². The molecule has 4 aliphatic carbocycles. The van der Waals surface area contributed by atoms with Gasteiger partial charge in [-0.05, 0) is 77.2 Å². The van der Waals surface area contributed by atoms with Crippen molar-refractivity contribution in [2.24, 2.45) is 17.3 Å². The molecule has 0 aromatic carbocycles. The highest BCUT2D eigenvalue weighted by Crippen LogP contribution is 2.61. The molecule has 7 heteroatoms. The lowest BCUT2D eigenvalue weighted by Crippen LogP contribution is -2.58. The third kappa shape index (κ3) is 3.02. The van der Waals surface area contributed by atoms with E-state index in [1.54, 1.807) is 6.07 Å². The van der Waals surface area contributed by atoms with Gasteiger partial charge in [0.2, 0.25) is 5.78 Å². The van der Waals surface area contributed by atoms with Crippen LogP contribution in [0.5, 0.6) is 0 Å². The van der Waals surface area contributed by atoms with Crippen LogP contribution in [0.2, 0.25) is 0 Å². The summed E-state index contributed by atoms with van der Waals surface area (Å²) in [5.74, 6) is 1.56. The number of nitrogens with zero attached hydrogens (tertiary/aromatic N) is 2. The van der Waals surface area contributed by atoms with Gasteiger partial charge in [0.05, 0.1) is 11.0 Å². The van der Waals surface area contributed by atoms with Crippen molar-refractivity contribution in [2.75, 3.05) is 6.61 Å². The first-order valence-corrected chi connectivity index (χ1v) is 10.7. The number of Topliss-reactive ketones (excluding diaryl/α,β-unsaturated/α-hetero) is 1. The second kappa shape index (κ2) is 6.54. The smallest absolute Gasteiger partial charge is 0.312 e. The van der Waals surface area contributed by atoms with Gasteiger partial charge < -0.3 is 14.4 Å².